The predicted molar refractivity (Wildman–Crippen MR) is 147 cm³/mol. The Kier molecular flexibility index (Phi) is 7.62. The smallest absolute Gasteiger partial charge is 0.331 e. The lowest BCUT2D eigenvalue weighted by Crippen LogP contribution is -2.63. The van der Waals surface area contributed by atoms with Crippen LogP contribution in [0.25, 0.3) is 0 Å². The van der Waals surface area contributed by atoms with E-state index in [1.54, 1.807) is 6.08 Å². The molecule has 6 rings (SSSR count). The van der Waals surface area contributed by atoms with E-state index < -0.39 is 42.3 Å². The Hall–Kier alpha value is -1.52. The van der Waals surface area contributed by atoms with Gasteiger partial charge >= 0.3 is 11.9 Å². The molecule has 230 valence electrons. The molecule has 4 aliphatic carbocycles. The van der Waals surface area contributed by atoms with Crippen LogP contribution < -0.4 is 0 Å². The molecule has 0 aromatic carbocycles. The maximum absolute atomic E-state index is 12.4. The van der Waals surface area contributed by atoms with Crippen molar-refractivity contribution in [3.8, 4) is 0 Å². The summed E-state index contributed by atoms with van der Waals surface area (Å²) in [6.45, 7) is 8.22. The third kappa shape index (κ3) is 4.60. The molecule has 0 unspecified atom stereocenters. The Bertz CT molecular complexity index is 1080. The largest absolute Gasteiger partial charge is 0.458 e. The van der Waals surface area contributed by atoms with Crippen LogP contribution in [0.1, 0.15) is 85.5 Å². The van der Waals surface area contributed by atoms with Gasteiger partial charge < -0.3 is 33.9 Å². The molecule has 9 heteroatoms. The Morgan fingerprint density at radius 1 is 1.05 bits per heavy atom. The number of aliphatic hydroxyl groups excluding tert-OH is 1. The van der Waals surface area contributed by atoms with Crippen molar-refractivity contribution in [3.05, 3.63) is 11.6 Å². The molecular weight excluding hydrogens is 528 g/mol. The number of hydrogen-bond acceptors (Lipinski definition) is 9. The van der Waals surface area contributed by atoms with E-state index >= 15 is 0 Å². The number of fused-ring (bicyclic) bond motifs is 5. The molecule has 0 aromatic rings. The first-order valence-corrected chi connectivity index (χ1v) is 15.7. The van der Waals surface area contributed by atoms with Gasteiger partial charge in [0.2, 0.25) is 0 Å². The number of cyclic esters (lactones) is 1. The number of esters is 2. The van der Waals surface area contributed by atoms with Gasteiger partial charge in [-0.1, -0.05) is 13.8 Å². The summed E-state index contributed by atoms with van der Waals surface area (Å²) in [4.78, 5) is 23.4. The van der Waals surface area contributed by atoms with Crippen LogP contribution in [0.15, 0.2) is 11.6 Å². The lowest BCUT2D eigenvalue weighted by molar-refractivity contribution is -0.314. The highest BCUT2D eigenvalue weighted by atomic mass is 16.7. The van der Waals surface area contributed by atoms with Crippen LogP contribution >= 0.6 is 0 Å². The van der Waals surface area contributed by atoms with Crippen molar-refractivity contribution in [1.29, 1.82) is 0 Å². The van der Waals surface area contributed by atoms with Gasteiger partial charge in [0.05, 0.1) is 17.8 Å². The number of carbonyl (C=O) groups is 2. The van der Waals surface area contributed by atoms with Crippen LogP contribution in [-0.4, -0.2) is 78.3 Å². The second-order valence-electron chi connectivity index (χ2n) is 14.3. The summed E-state index contributed by atoms with van der Waals surface area (Å²) >= 11 is 0. The van der Waals surface area contributed by atoms with Crippen molar-refractivity contribution in [2.45, 2.75) is 128 Å². The maximum Gasteiger partial charge on any atom is 0.331 e. The van der Waals surface area contributed by atoms with Crippen LogP contribution in [0.3, 0.4) is 0 Å². The molecule has 5 fully saturated rings. The summed E-state index contributed by atoms with van der Waals surface area (Å²) in [5, 5.41) is 23.5. The van der Waals surface area contributed by atoms with E-state index in [1.165, 1.54) is 14.0 Å². The number of rotatable bonds is 5. The van der Waals surface area contributed by atoms with Crippen molar-refractivity contribution in [2.75, 3.05) is 13.7 Å². The van der Waals surface area contributed by atoms with Crippen molar-refractivity contribution in [3.63, 3.8) is 0 Å². The van der Waals surface area contributed by atoms with Crippen LogP contribution in [0.4, 0.5) is 0 Å². The molecule has 0 bridgehead atoms. The topological polar surface area (TPSA) is 121 Å². The Morgan fingerprint density at radius 3 is 2.51 bits per heavy atom. The zero-order valence-corrected chi connectivity index (χ0v) is 25.2. The average Bonchev–Trinajstić information content (AvgIpc) is 3.46. The first kappa shape index (κ1) is 29.5. The van der Waals surface area contributed by atoms with Gasteiger partial charge in [-0.2, -0.15) is 0 Å². The minimum Gasteiger partial charge on any atom is -0.458 e. The monoisotopic (exact) mass is 576 g/mol. The van der Waals surface area contributed by atoms with Crippen LogP contribution in [-0.2, 0) is 33.3 Å². The van der Waals surface area contributed by atoms with Gasteiger partial charge in [-0.25, -0.2) is 4.79 Å². The minimum absolute atomic E-state index is 0.0427. The van der Waals surface area contributed by atoms with Gasteiger partial charge in [0.25, 0.3) is 0 Å². The van der Waals surface area contributed by atoms with E-state index in [9.17, 15) is 19.8 Å². The van der Waals surface area contributed by atoms with E-state index in [2.05, 4.69) is 13.8 Å². The van der Waals surface area contributed by atoms with E-state index in [0.717, 1.165) is 63.4 Å². The van der Waals surface area contributed by atoms with E-state index in [1.807, 2.05) is 6.92 Å². The Morgan fingerprint density at radius 2 is 1.83 bits per heavy atom. The average molecular weight is 577 g/mol. The van der Waals surface area contributed by atoms with Crippen LogP contribution in [0.2, 0.25) is 0 Å². The van der Waals surface area contributed by atoms with Crippen LogP contribution in [0, 0.1) is 34.5 Å². The fraction of sp³-hybridized carbons (Fsp3) is 0.875. The molecule has 0 radical (unpaired) electrons. The standard InChI is InChI=1S/C32H48O9/c1-17-27(40-18(2)33)28(37-5)26(35)29(39-17)41-21-8-11-30(3)20(15-21)6-7-24-23(30)9-12-31(4)22(10-13-32(24,31)36)19-14-25(34)38-16-19/h14,17,20-24,26-29,35-36H,6-13,15-16H2,1-5H3/t17-,20+,21-,22-,23-,24+,26-,27-,28-,29-,30-,31+,32-/m0/s1. The van der Waals surface area contributed by atoms with E-state index in [4.69, 9.17) is 23.7 Å². The van der Waals surface area contributed by atoms with Gasteiger partial charge in [-0.15, -0.1) is 0 Å². The SMILES string of the molecule is CO[C@H]1[C@H](O)[C@H](O[C@H]2CC[C@@]3(C)[C@H](CC[C@@H]4[C@@H]3CC[C@]3(C)[C@H](C5=CC(=O)OC5)CC[C@]43O)C2)O[C@@H](C)[C@@H]1OC(C)=O. The molecule has 0 aromatic heterocycles. The summed E-state index contributed by atoms with van der Waals surface area (Å²) in [6, 6.07) is 0. The normalized spacial score (nSPS) is 51.2. The third-order valence-corrected chi connectivity index (χ3v) is 12.6. The molecule has 2 N–H and O–H groups in total. The lowest BCUT2D eigenvalue weighted by atomic mass is 9.43. The number of ether oxygens (including phenoxy) is 5. The van der Waals surface area contributed by atoms with Crippen molar-refractivity contribution in [2.24, 2.45) is 34.5 Å². The van der Waals surface area contributed by atoms with Crippen molar-refractivity contribution >= 4 is 11.9 Å². The second kappa shape index (κ2) is 10.6. The van der Waals surface area contributed by atoms with E-state index in [-0.39, 0.29) is 34.7 Å². The molecular formula is C32H48O9. The fourth-order valence-electron chi connectivity index (χ4n) is 10.4. The number of aliphatic hydroxyl groups is 2. The highest BCUT2D eigenvalue weighted by Crippen LogP contribution is 2.70. The van der Waals surface area contributed by atoms with Gasteiger partial charge in [-0.05, 0) is 99.4 Å². The summed E-state index contributed by atoms with van der Waals surface area (Å²) in [6.07, 6.45) is 6.39. The van der Waals surface area contributed by atoms with E-state index in [0.29, 0.717) is 18.4 Å². The summed E-state index contributed by atoms with van der Waals surface area (Å²) in [7, 11) is 1.50. The summed E-state index contributed by atoms with van der Waals surface area (Å²) in [5.74, 6) is 0.697. The van der Waals surface area contributed by atoms with Crippen molar-refractivity contribution < 1.29 is 43.5 Å². The van der Waals surface area contributed by atoms with Gasteiger partial charge in [-0.3, -0.25) is 4.79 Å². The molecule has 9 nitrogen and oxygen atoms in total. The highest BCUT2D eigenvalue weighted by molar-refractivity contribution is 5.85. The molecule has 41 heavy (non-hydrogen) atoms. The second-order valence-corrected chi connectivity index (χ2v) is 14.3. The first-order valence-electron chi connectivity index (χ1n) is 15.7. The van der Waals surface area contributed by atoms with Crippen molar-refractivity contribution in [1.82, 2.24) is 0 Å². The third-order valence-electron chi connectivity index (χ3n) is 12.6. The minimum atomic E-state index is -1.07. The molecule has 6 aliphatic rings. The highest BCUT2D eigenvalue weighted by Gasteiger charge is 2.67. The van der Waals surface area contributed by atoms with Gasteiger partial charge in [0, 0.05) is 25.5 Å². The summed E-state index contributed by atoms with van der Waals surface area (Å²) in [5.41, 5.74) is 0.238. The molecule has 1 saturated heterocycles. The fourth-order valence-corrected chi connectivity index (χ4v) is 10.4. The zero-order chi connectivity index (χ0) is 29.3. The number of hydrogen-bond donors (Lipinski definition) is 2. The lowest BCUT2D eigenvalue weighted by Gasteiger charge is -2.64. The first-order chi connectivity index (χ1) is 19.4. The molecule has 2 heterocycles. The molecule has 2 aliphatic heterocycles. The van der Waals surface area contributed by atoms with Gasteiger partial charge in [0.1, 0.15) is 18.8 Å². The number of carbonyl (C=O) groups excluding carboxylic acids is 2. The van der Waals surface area contributed by atoms with Gasteiger partial charge in [0.15, 0.2) is 12.4 Å². The maximum atomic E-state index is 12.4. The summed E-state index contributed by atoms with van der Waals surface area (Å²) < 4.78 is 28.6. The zero-order valence-electron chi connectivity index (χ0n) is 25.2. The Balaban J connectivity index is 1.13. The molecule has 4 saturated carbocycles. The molecule has 0 amide bonds. The molecule has 0 spiro atoms. The number of methoxy groups -OCH3 is 1. The predicted octanol–water partition coefficient (Wildman–Crippen LogP) is 3.68. The Labute approximate surface area is 243 Å². The molecule has 13 atom stereocenters. The van der Waals surface area contributed by atoms with Crippen LogP contribution in [0.5, 0.6) is 0 Å². The quantitative estimate of drug-likeness (QED) is 0.373.